The number of Topliss-reactive ketones (excluding diaryl/α,β-unsaturated/α-hetero) is 1. The zero-order valence-corrected chi connectivity index (χ0v) is 15.3. The van der Waals surface area contributed by atoms with Gasteiger partial charge in [0.15, 0.2) is 5.78 Å². The van der Waals surface area contributed by atoms with E-state index in [9.17, 15) is 24.6 Å². The standard InChI is InChI=1S/C20H30O6/c1-2-3-4-7-14(21)10-11-16-17(19(24)13-18(16)23)12-15(22)8-5-6-9-20(25)26/h5,8,10-11,14,16-18,21,23H,2-4,6-7,9,12-13H2,1H3,(H,25,26)/t14?,16-,17-,18?/m1/s1. The second kappa shape index (κ2) is 11.8. The molecule has 0 spiro atoms. The van der Waals surface area contributed by atoms with E-state index in [-0.39, 0.29) is 37.2 Å². The van der Waals surface area contributed by atoms with Crippen molar-refractivity contribution >= 4 is 17.5 Å². The van der Waals surface area contributed by atoms with E-state index in [2.05, 4.69) is 6.92 Å². The molecule has 26 heavy (non-hydrogen) atoms. The fourth-order valence-electron chi connectivity index (χ4n) is 3.15. The predicted octanol–water partition coefficient (Wildman–Crippen LogP) is 2.43. The molecule has 146 valence electrons. The Balaban J connectivity index is 2.59. The van der Waals surface area contributed by atoms with Crippen LogP contribution >= 0.6 is 0 Å². The molecule has 1 aliphatic carbocycles. The molecule has 1 saturated carbocycles. The molecule has 0 saturated heterocycles. The number of hydrogen-bond acceptors (Lipinski definition) is 5. The molecule has 1 rings (SSSR count). The van der Waals surface area contributed by atoms with Gasteiger partial charge in [-0.05, 0) is 18.9 Å². The lowest BCUT2D eigenvalue weighted by Gasteiger charge is -2.17. The van der Waals surface area contributed by atoms with Crippen LogP contribution in [0.4, 0.5) is 0 Å². The van der Waals surface area contributed by atoms with Crippen molar-refractivity contribution in [2.24, 2.45) is 11.8 Å². The van der Waals surface area contributed by atoms with Gasteiger partial charge in [0.2, 0.25) is 0 Å². The third kappa shape index (κ3) is 8.06. The minimum Gasteiger partial charge on any atom is -0.481 e. The molecule has 1 fully saturated rings. The summed E-state index contributed by atoms with van der Waals surface area (Å²) in [6.07, 6.45) is 8.50. The SMILES string of the molecule is CCCCCC(O)C=C[C@H]1C(O)CC(=O)[C@@H]1CC(=O)C=CCCC(=O)O. The highest BCUT2D eigenvalue weighted by Crippen LogP contribution is 2.33. The van der Waals surface area contributed by atoms with Crippen molar-refractivity contribution in [2.75, 3.05) is 0 Å². The van der Waals surface area contributed by atoms with Gasteiger partial charge in [0.05, 0.1) is 12.2 Å². The molecule has 2 unspecified atom stereocenters. The molecule has 4 atom stereocenters. The number of carbonyl (C=O) groups excluding carboxylic acids is 2. The molecule has 0 aliphatic heterocycles. The molecule has 6 nitrogen and oxygen atoms in total. The van der Waals surface area contributed by atoms with E-state index in [1.807, 2.05) is 0 Å². The largest absolute Gasteiger partial charge is 0.481 e. The normalized spacial score (nSPS) is 24.6. The number of carboxylic acid groups (broad SMARTS) is 1. The first-order valence-corrected chi connectivity index (χ1v) is 9.33. The number of aliphatic hydroxyl groups is 2. The monoisotopic (exact) mass is 366 g/mol. The second-order valence-corrected chi connectivity index (χ2v) is 6.87. The number of unbranched alkanes of at least 4 members (excludes halogenated alkanes) is 2. The Morgan fingerprint density at radius 1 is 1.31 bits per heavy atom. The fourth-order valence-corrected chi connectivity index (χ4v) is 3.15. The lowest BCUT2D eigenvalue weighted by Crippen LogP contribution is -2.21. The highest BCUT2D eigenvalue weighted by molar-refractivity contribution is 5.95. The lowest BCUT2D eigenvalue weighted by molar-refractivity contribution is -0.137. The van der Waals surface area contributed by atoms with Crippen molar-refractivity contribution < 1.29 is 29.7 Å². The number of aliphatic hydroxyl groups excluding tert-OH is 2. The third-order valence-corrected chi connectivity index (χ3v) is 4.64. The summed E-state index contributed by atoms with van der Waals surface area (Å²) in [5, 5.41) is 28.6. The molecule has 0 amide bonds. The maximum atomic E-state index is 12.1. The molecule has 0 aromatic carbocycles. The Morgan fingerprint density at radius 3 is 2.69 bits per heavy atom. The van der Waals surface area contributed by atoms with Gasteiger partial charge in [0.1, 0.15) is 5.78 Å². The Bertz CT molecular complexity index is 536. The molecule has 6 heteroatoms. The summed E-state index contributed by atoms with van der Waals surface area (Å²) in [6.45, 7) is 2.08. The first-order chi connectivity index (χ1) is 12.3. The molecule has 0 radical (unpaired) electrons. The number of hydrogen-bond donors (Lipinski definition) is 3. The van der Waals surface area contributed by atoms with Crippen LogP contribution in [0.1, 0.15) is 58.3 Å². The Kier molecular flexibility index (Phi) is 10.1. The van der Waals surface area contributed by atoms with E-state index < -0.39 is 30.0 Å². The number of aliphatic carboxylic acids is 1. The van der Waals surface area contributed by atoms with Gasteiger partial charge in [-0.1, -0.05) is 44.4 Å². The maximum absolute atomic E-state index is 12.1. The number of allylic oxidation sites excluding steroid dienone is 2. The van der Waals surface area contributed by atoms with Crippen LogP contribution in [-0.4, -0.2) is 45.1 Å². The number of carbonyl (C=O) groups is 3. The number of rotatable bonds is 12. The molecule has 0 aromatic rings. The Morgan fingerprint density at radius 2 is 2.04 bits per heavy atom. The van der Waals surface area contributed by atoms with Gasteiger partial charge in [-0.2, -0.15) is 0 Å². The topological polar surface area (TPSA) is 112 Å². The summed E-state index contributed by atoms with van der Waals surface area (Å²) in [6, 6.07) is 0. The second-order valence-electron chi connectivity index (χ2n) is 6.87. The minimum absolute atomic E-state index is 0.0135. The van der Waals surface area contributed by atoms with Crippen LogP contribution in [0.5, 0.6) is 0 Å². The van der Waals surface area contributed by atoms with Crippen LogP contribution in [0, 0.1) is 11.8 Å². The van der Waals surface area contributed by atoms with Crippen LogP contribution in [0.15, 0.2) is 24.3 Å². The van der Waals surface area contributed by atoms with Crippen LogP contribution in [-0.2, 0) is 14.4 Å². The Hall–Kier alpha value is -1.79. The molecular weight excluding hydrogens is 336 g/mol. The van der Waals surface area contributed by atoms with Crippen molar-refractivity contribution in [2.45, 2.75) is 70.5 Å². The van der Waals surface area contributed by atoms with E-state index in [4.69, 9.17) is 5.11 Å². The smallest absolute Gasteiger partial charge is 0.303 e. The summed E-state index contributed by atoms with van der Waals surface area (Å²) in [5.74, 6) is -2.41. The van der Waals surface area contributed by atoms with Gasteiger partial charge in [0, 0.05) is 31.1 Å². The third-order valence-electron chi connectivity index (χ3n) is 4.64. The van der Waals surface area contributed by atoms with Gasteiger partial charge in [-0.15, -0.1) is 0 Å². The van der Waals surface area contributed by atoms with Crippen molar-refractivity contribution in [3.05, 3.63) is 24.3 Å². The summed E-state index contributed by atoms with van der Waals surface area (Å²) in [5.41, 5.74) is 0. The van der Waals surface area contributed by atoms with Crippen LogP contribution in [0.25, 0.3) is 0 Å². The van der Waals surface area contributed by atoms with E-state index in [0.717, 1.165) is 19.3 Å². The van der Waals surface area contributed by atoms with Crippen molar-refractivity contribution in [3.8, 4) is 0 Å². The quantitative estimate of drug-likeness (QED) is 0.278. The lowest BCUT2D eigenvalue weighted by atomic mass is 9.88. The highest BCUT2D eigenvalue weighted by Gasteiger charge is 2.40. The molecule has 1 aliphatic rings. The van der Waals surface area contributed by atoms with Gasteiger partial charge in [-0.3, -0.25) is 14.4 Å². The van der Waals surface area contributed by atoms with Gasteiger partial charge >= 0.3 is 5.97 Å². The van der Waals surface area contributed by atoms with E-state index in [1.165, 1.54) is 12.2 Å². The first kappa shape index (κ1) is 22.3. The predicted molar refractivity (Wildman–Crippen MR) is 97.5 cm³/mol. The zero-order chi connectivity index (χ0) is 19.5. The first-order valence-electron chi connectivity index (χ1n) is 9.33. The highest BCUT2D eigenvalue weighted by atomic mass is 16.4. The number of carboxylic acids is 1. The van der Waals surface area contributed by atoms with Crippen LogP contribution in [0.2, 0.25) is 0 Å². The fraction of sp³-hybridized carbons (Fsp3) is 0.650. The summed E-state index contributed by atoms with van der Waals surface area (Å²) >= 11 is 0. The summed E-state index contributed by atoms with van der Waals surface area (Å²) in [7, 11) is 0. The molecular formula is C20H30O6. The molecule has 0 bridgehead atoms. The summed E-state index contributed by atoms with van der Waals surface area (Å²) in [4.78, 5) is 34.5. The average molecular weight is 366 g/mol. The number of ketones is 2. The van der Waals surface area contributed by atoms with Crippen LogP contribution < -0.4 is 0 Å². The van der Waals surface area contributed by atoms with Crippen molar-refractivity contribution in [1.82, 2.24) is 0 Å². The van der Waals surface area contributed by atoms with Crippen molar-refractivity contribution in [1.29, 1.82) is 0 Å². The minimum atomic E-state index is -0.932. The van der Waals surface area contributed by atoms with E-state index >= 15 is 0 Å². The molecule has 0 heterocycles. The van der Waals surface area contributed by atoms with Crippen LogP contribution in [0.3, 0.4) is 0 Å². The van der Waals surface area contributed by atoms with E-state index in [1.54, 1.807) is 12.2 Å². The van der Waals surface area contributed by atoms with Gasteiger partial charge in [0.25, 0.3) is 0 Å². The summed E-state index contributed by atoms with van der Waals surface area (Å²) < 4.78 is 0. The Labute approximate surface area is 154 Å². The maximum Gasteiger partial charge on any atom is 0.303 e. The van der Waals surface area contributed by atoms with Crippen molar-refractivity contribution in [3.63, 3.8) is 0 Å². The molecule has 3 N–H and O–H groups in total. The zero-order valence-electron chi connectivity index (χ0n) is 15.3. The van der Waals surface area contributed by atoms with Gasteiger partial charge < -0.3 is 15.3 Å². The van der Waals surface area contributed by atoms with Gasteiger partial charge in [-0.25, -0.2) is 0 Å². The average Bonchev–Trinajstić information content (AvgIpc) is 2.83. The molecule has 0 aromatic heterocycles. The van der Waals surface area contributed by atoms with E-state index in [0.29, 0.717) is 6.42 Å².